The van der Waals surface area contributed by atoms with Crippen molar-refractivity contribution in [3.8, 4) is 16.9 Å². The van der Waals surface area contributed by atoms with Gasteiger partial charge < -0.3 is 9.84 Å². The van der Waals surface area contributed by atoms with Crippen LogP contribution in [0.25, 0.3) is 11.1 Å². The highest BCUT2D eigenvalue weighted by Gasteiger charge is 2.32. The second kappa shape index (κ2) is 6.20. The Morgan fingerprint density at radius 2 is 1.91 bits per heavy atom. The molecule has 22 heavy (non-hydrogen) atoms. The lowest BCUT2D eigenvalue weighted by molar-refractivity contribution is -0.147. The number of rotatable bonds is 5. The van der Waals surface area contributed by atoms with E-state index in [2.05, 4.69) is 29.2 Å². The molecule has 4 heteroatoms. The Hall–Kier alpha value is -2.33. The van der Waals surface area contributed by atoms with Gasteiger partial charge in [0.15, 0.2) is 0 Å². The fourth-order valence-electron chi connectivity index (χ4n) is 2.78. The number of benzene rings is 2. The van der Waals surface area contributed by atoms with Gasteiger partial charge >= 0.3 is 5.97 Å². The van der Waals surface area contributed by atoms with E-state index in [-0.39, 0.29) is 5.92 Å². The van der Waals surface area contributed by atoms with Crippen LogP contribution in [0, 0.1) is 5.92 Å². The molecule has 0 atom stereocenters. The average molecular weight is 297 g/mol. The van der Waals surface area contributed by atoms with Gasteiger partial charge in [-0.2, -0.15) is 0 Å². The molecule has 4 nitrogen and oxygen atoms in total. The Labute approximate surface area is 130 Å². The number of likely N-dealkylation sites (tertiary alicyclic amines) is 1. The van der Waals surface area contributed by atoms with Gasteiger partial charge in [0.1, 0.15) is 5.75 Å². The summed E-state index contributed by atoms with van der Waals surface area (Å²) in [5.74, 6) is -0.0858. The fraction of sp³-hybridized carbons (Fsp3) is 0.278. The Kier molecular flexibility index (Phi) is 4.11. The summed E-state index contributed by atoms with van der Waals surface area (Å²) in [4.78, 5) is 13.0. The van der Waals surface area contributed by atoms with Gasteiger partial charge in [-0.3, -0.25) is 9.69 Å². The number of hydrogen-bond acceptors (Lipinski definition) is 3. The van der Waals surface area contributed by atoms with Crippen LogP contribution in [-0.4, -0.2) is 36.2 Å². The summed E-state index contributed by atoms with van der Waals surface area (Å²) < 4.78 is 5.51. The van der Waals surface area contributed by atoms with Crippen LogP contribution in [0.15, 0.2) is 48.5 Å². The zero-order valence-electron chi connectivity index (χ0n) is 12.5. The van der Waals surface area contributed by atoms with E-state index in [0.717, 1.165) is 29.0 Å². The van der Waals surface area contributed by atoms with Crippen LogP contribution in [-0.2, 0) is 11.3 Å². The largest absolute Gasteiger partial charge is 0.496 e. The van der Waals surface area contributed by atoms with Crippen LogP contribution in [0.1, 0.15) is 5.56 Å². The number of carboxylic acid groups (broad SMARTS) is 1. The number of aliphatic carboxylic acids is 1. The monoisotopic (exact) mass is 297 g/mol. The molecule has 0 aliphatic carbocycles. The average Bonchev–Trinajstić information content (AvgIpc) is 2.51. The molecule has 1 heterocycles. The minimum absolute atomic E-state index is 0.227. The smallest absolute Gasteiger partial charge is 0.309 e. The molecular formula is C18H19NO3. The first-order valence-electron chi connectivity index (χ1n) is 7.35. The lowest BCUT2D eigenvalue weighted by atomic mass is 9.98. The maximum Gasteiger partial charge on any atom is 0.309 e. The summed E-state index contributed by atoms with van der Waals surface area (Å²) in [6.45, 7) is 1.94. The third-order valence-electron chi connectivity index (χ3n) is 4.09. The molecule has 1 fully saturated rings. The van der Waals surface area contributed by atoms with Gasteiger partial charge in [-0.15, -0.1) is 0 Å². The van der Waals surface area contributed by atoms with Crippen molar-refractivity contribution in [1.82, 2.24) is 4.90 Å². The van der Waals surface area contributed by atoms with Crippen LogP contribution in [0.3, 0.4) is 0 Å². The van der Waals surface area contributed by atoms with Crippen molar-refractivity contribution in [2.45, 2.75) is 6.54 Å². The van der Waals surface area contributed by atoms with Crippen molar-refractivity contribution >= 4 is 5.97 Å². The van der Waals surface area contributed by atoms with Gasteiger partial charge in [-0.1, -0.05) is 42.5 Å². The molecule has 2 aromatic rings. The fourth-order valence-corrected chi connectivity index (χ4v) is 2.78. The molecule has 0 aromatic heterocycles. The first kappa shape index (κ1) is 14.6. The molecule has 1 saturated heterocycles. The Morgan fingerprint density at radius 1 is 1.18 bits per heavy atom. The van der Waals surface area contributed by atoms with E-state index < -0.39 is 5.97 Å². The van der Waals surface area contributed by atoms with Gasteiger partial charge in [-0.05, 0) is 17.2 Å². The molecule has 0 radical (unpaired) electrons. The molecule has 3 rings (SSSR count). The zero-order chi connectivity index (χ0) is 15.5. The van der Waals surface area contributed by atoms with Gasteiger partial charge in [-0.25, -0.2) is 0 Å². The summed E-state index contributed by atoms with van der Waals surface area (Å²) in [6.07, 6.45) is 0. The van der Waals surface area contributed by atoms with E-state index in [1.807, 2.05) is 24.3 Å². The van der Waals surface area contributed by atoms with Crippen molar-refractivity contribution in [1.29, 1.82) is 0 Å². The van der Waals surface area contributed by atoms with E-state index in [1.165, 1.54) is 0 Å². The normalized spacial score (nSPS) is 15.3. The number of hydrogen-bond donors (Lipinski definition) is 1. The number of ether oxygens (including phenoxy) is 1. The number of carbonyl (C=O) groups is 1. The standard InChI is InChI=1S/C18H19NO3/c1-22-17-9-14(13-5-3-2-4-6-13)7-8-15(17)10-19-11-16(12-19)18(20)21/h2-9,16H,10-12H2,1H3,(H,20,21). The quantitative estimate of drug-likeness (QED) is 0.922. The molecule has 0 bridgehead atoms. The first-order chi connectivity index (χ1) is 10.7. The molecule has 1 N–H and O–H groups in total. The summed E-state index contributed by atoms with van der Waals surface area (Å²) in [5.41, 5.74) is 3.36. The third kappa shape index (κ3) is 2.97. The van der Waals surface area contributed by atoms with Crippen molar-refractivity contribution in [3.63, 3.8) is 0 Å². The minimum Gasteiger partial charge on any atom is -0.496 e. The summed E-state index contributed by atoms with van der Waals surface area (Å²) in [6, 6.07) is 16.4. The maximum atomic E-state index is 10.9. The van der Waals surface area contributed by atoms with E-state index in [4.69, 9.17) is 9.84 Å². The minimum atomic E-state index is -0.706. The molecule has 0 amide bonds. The Balaban J connectivity index is 1.74. The molecular weight excluding hydrogens is 278 g/mol. The lowest BCUT2D eigenvalue weighted by Crippen LogP contribution is -2.49. The van der Waals surface area contributed by atoms with Gasteiger partial charge in [0.2, 0.25) is 0 Å². The summed E-state index contributed by atoms with van der Waals surface area (Å²) >= 11 is 0. The highest BCUT2D eigenvalue weighted by molar-refractivity contribution is 5.71. The highest BCUT2D eigenvalue weighted by atomic mass is 16.5. The molecule has 114 valence electrons. The van der Waals surface area contributed by atoms with Gasteiger partial charge in [0.25, 0.3) is 0 Å². The van der Waals surface area contributed by atoms with Crippen molar-refractivity contribution < 1.29 is 14.6 Å². The molecule has 2 aromatic carbocycles. The van der Waals surface area contributed by atoms with Crippen molar-refractivity contribution in [3.05, 3.63) is 54.1 Å². The summed E-state index contributed by atoms with van der Waals surface area (Å²) in [5, 5.41) is 8.93. The van der Waals surface area contributed by atoms with Crippen molar-refractivity contribution in [2.75, 3.05) is 20.2 Å². The first-order valence-corrected chi connectivity index (χ1v) is 7.35. The van der Waals surface area contributed by atoms with E-state index in [9.17, 15) is 4.79 Å². The Morgan fingerprint density at radius 3 is 2.55 bits per heavy atom. The molecule has 1 aliphatic rings. The van der Waals surface area contributed by atoms with Crippen LogP contribution < -0.4 is 4.74 Å². The topological polar surface area (TPSA) is 49.8 Å². The zero-order valence-corrected chi connectivity index (χ0v) is 12.5. The Bertz CT molecular complexity index is 663. The second-order valence-corrected chi connectivity index (χ2v) is 5.62. The molecule has 0 unspecified atom stereocenters. The van der Waals surface area contributed by atoms with Crippen LogP contribution in [0.4, 0.5) is 0 Å². The molecule has 0 spiro atoms. The SMILES string of the molecule is COc1cc(-c2ccccc2)ccc1CN1CC(C(=O)O)C1. The predicted molar refractivity (Wildman–Crippen MR) is 84.8 cm³/mol. The maximum absolute atomic E-state index is 10.9. The van der Waals surface area contributed by atoms with Gasteiger partial charge in [0, 0.05) is 25.2 Å². The van der Waals surface area contributed by atoms with E-state index in [0.29, 0.717) is 13.1 Å². The summed E-state index contributed by atoms with van der Waals surface area (Å²) in [7, 11) is 1.67. The highest BCUT2D eigenvalue weighted by Crippen LogP contribution is 2.29. The predicted octanol–water partition coefficient (Wildman–Crippen LogP) is 2.88. The lowest BCUT2D eigenvalue weighted by Gasteiger charge is -2.36. The number of methoxy groups -OCH3 is 1. The van der Waals surface area contributed by atoms with E-state index in [1.54, 1.807) is 7.11 Å². The molecule has 1 aliphatic heterocycles. The van der Waals surface area contributed by atoms with Gasteiger partial charge in [0.05, 0.1) is 13.0 Å². The number of carboxylic acids is 1. The van der Waals surface area contributed by atoms with Crippen molar-refractivity contribution in [2.24, 2.45) is 5.92 Å². The van der Waals surface area contributed by atoms with Crippen LogP contribution in [0.2, 0.25) is 0 Å². The number of nitrogens with zero attached hydrogens (tertiary/aromatic N) is 1. The molecule has 0 saturated carbocycles. The second-order valence-electron chi connectivity index (χ2n) is 5.62. The van der Waals surface area contributed by atoms with Crippen LogP contribution in [0.5, 0.6) is 5.75 Å². The van der Waals surface area contributed by atoms with Crippen LogP contribution >= 0.6 is 0 Å². The van der Waals surface area contributed by atoms with E-state index >= 15 is 0 Å². The third-order valence-corrected chi connectivity index (χ3v) is 4.09.